The first-order valence-electron chi connectivity index (χ1n) is 10.9. The standard InChI is InChI=1S/C22H29N7O2/c1-2-3-10-29(11-7-20(30)21-23-8-4-9-24-21)22-18-6-5-17(16-19(18)25-27-26-22)28-12-14-31-15-13-28/h4-6,8-9,16,20,30H,2-3,7,10-15H2,1H3/t20-/m0/s1. The summed E-state index contributed by atoms with van der Waals surface area (Å²) in [6, 6.07) is 8.01. The highest BCUT2D eigenvalue weighted by atomic mass is 16.5. The number of ether oxygens (including phenoxy) is 1. The summed E-state index contributed by atoms with van der Waals surface area (Å²) in [5.41, 5.74) is 1.95. The molecular formula is C22H29N7O2. The summed E-state index contributed by atoms with van der Waals surface area (Å²) in [6.07, 6.45) is 5.17. The first-order valence-corrected chi connectivity index (χ1v) is 10.9. The van der Waals surface area contributed by atoms with E-state index in [2.05, 4.69) is 60.3 Å². The molecule has 4 rings (SSSR count). The molecule has 1 aliphatic rings. The van der Waals surface area contributed by atoms with Gasteiger partial charge in [-0.3, -0.25) is 0 Å². The molecule has 0 aliphatic carbocycles. The van der Waals surface area contributed by atoms with Gasteiger partial charge in [0.05, 0.1) is 13.2 Å². The van der Waals surface area contributed by atoms with E-state index in [9.17, 15) is 5.11 Å². The number of nitrogens with zero attached hydrogens (tertiary/aromatic N) is 7. The summed E-state index contributed by atoms with van der Waals surface area (Å²) in [5.74, 6) is 1.24. The van der Waals surface area contributed by atoms with E-state index in [1.54, 1.807) is 18.5 Å². The average Bonchev–Trinajstić information content (AvgIpc) is 2.84. The number of hydrogen-bond donors (Lipinski definition) is 1. The number of aliphatic hydroxyl groups excluding tert-OH is 1. The van der Waals surface area contributed by atoms with E-state index in [0.29, 0.717) is 18.8 Å². The molecule has 1 N–H and O–H groups in total. The summed E-state index contributed by atoms with van der Waals surface area (Å²) < 4.78 is 5.46. The molecule has 2 aromatic heterocycles. The molecule has 0 amide bonds. The molecule has 9 nitrogen and oxygen atoms in total. The number of benzene rings is 1. The zero-order valence-electron chi connectivity index (χ0n) is 17.9. The molecule has 3 heterocycles. The van der Waals surface area contributed by atoms with Gasteiger partial charge in [-0.15, -0.1) is 10.2 Å². The van der Waals surface area contributed by atoms with Crippen molar-refractivity contribution < 1.29 is 9.84 Å². The van der Waals surface area contributed by atoms with Gasteiger partial charge in [-0.25, -0.2) is 9.97 Å². The SMILES string of the molecule is CCCCN(CC[C@H](O)c1ncccn1)c1nnnc2cc(N3CCOCC3)ccc12. The topological polar surface area (TPSA) is 100 Å². The van der Waals surface area contributed by atoms with Gasteiger partial charge in [-0.05, 0) is 42.3 Å². The molecular weight excluding hydrogens is 394 g/mol. The molecule has 164 valence electrons. The highest BCUT2D eigenvalue weighted by Gasteiger charge is 2.18. The minimum atomic E-state index is -0.723. The molecule has 0 bridgehead atoms. The van der Waals surface area contributed by atoms with Gasteiger partial charge in [-0.2, -0.15) is 0 Å². The van der Waals surface area contributed by atoms with Crippen molar-refractivity contribution >= 4 is 22.4 Å². The van der Waals surface area contributed by atoms with Crippen molar-refractivity contribution in [1.82, 2.24) is 25.4 Å². The summed E-state index contributed by atoms with van der Waals surface area (Å²) in [4.78, 5) is 12.8. The fraction of sp³-hybridized carbons (Fsp3) is 0.500. The molecule has 1 saturated heterocycles. The third-order valence-electron chi connectivity index (χ3n) is 5.53. The Labute approximate surface area is 182 Å². The van der Waals surface area contributed by atoms with Crippen LogP contribution in [-0.2, 0) is 4.74 Å². The second-order valence-electron chi connectivity index (χ2n) is 7.67. The van der Waals surface area contributed by atoms with E-state index in [0.717, 1.165) is 68.1 Å². The van der Waals surface area contributed by atoms with E-state index in [1.165, 1.54) is 0 Å². The second-order valence-corrected chi connectivity index (χ2v) is 7.67. The number of rotatable bonds is 9. The van der Waals surface area contributed by atoms with Crippen molar-refractivity contribution in [3.63, 3.8) is 0 Å². The Balaban J connectivity index is 1.56. The first-order chi connectivity index (χ1) is 15.3. The molecule has 1 fully saturated rings. The van der Waals surface area contributed by atoms with E-state index < -0.39 is 6.10 Å². The normalized spacial score (nSPS) is 15.2. The Morgan fingerprint density at radius 2 is 1.94 bits per heavy atom. The van der Waals surface area contributed by atoms with Gasteiger partial charge in [0, 0.05) is 49.6 Å². The first kappa shape index (κ1) is 21.3. The summed E-state index contributed by atoms with van der Waals surface area (Å²) in [5, 5.41) is 24.2. The third kappa shape index (κ3) is 5.23. The molecule has 0 saturated carbocycles. The summed E-state index contributed by atoms with van der Waals surface area (Å²) >= 11 is 0. The number of hydrogen-bond acceptors (Lipinski definition) is 9. The Kier molecular flexibility index (Phi) is 7.16. The highest BCUT2D eigenvalue weighted by Crippen LogP contribution is 2.28. The Morgan fingerprint density at radius 3 is 2.71 bits per heavy atom. The minimum Gasteiger partial charge on any atom is -0.385 e. The molecule has 1 aliphatic heterocycles. The van der Waals surface area contributed by atoms with Crippen molar-refractivity contribution in [3.8, 4) is 0 Å². The minimum absolute atomic E-state index is 0.443. The third-order valence-corrected chi connectivity index (χ3v) is 5.53. The van der Waals surface area contributed by atoms with Gasteiger partial charge in [0.15, 0.2) is 11.6 Å². The van der Waals surface area contributed by atoms with Crippen LogP contribution < -0.4 is 9.80 Å². The lowest BCUT2D eigenvalue weighted by atomic mass is 10.1. The van der Waals surface area contributed by atoms with Crippen LogP contribution in [0, 0.1) is 0 Å². The van der Waals surface area contributed by atoms with Crippen LogP contribution in [-0.4, -0.2) is 69.9 Å². The number of unbranched alkanes of at least 4 members (excludes halogenated alkanes) is 1. The maximum Gasteiger partial charge on any atom is 0.162 e. The fourth-order valence-corrected chi connectivity index (χ4v) is 3.77. The largest absolute Gasteiger partial charge is 0.385 e. The average molecular weight is 424 g/mol. The Bertz CT molecular complexity index is 966. The van der Waals surface area contributed by atoms with Crippen LogP contribution in [0.2, 0.25) is 0 Å². The van der Waals surface area contributed by atoms with Crippen LogP contribution in [0.4, 0.5) is 11.5 Å². The molecule has 0 radical (unpaired) electrons. The van der Waals surface area contributed by atoms with Gasteiger partial charge >= 0.3 is 0 Å². The number of anilines is 2. The molecule has 0 spiro atoms. The predicted molar refractivity (Wildman–Crippen MR) is 119 cm³/mol. The maximum absolute atomic E-state index is 10.5. The lowest BCUT2D eigenvalue weighted by Gasteiger charge is -2.29. The lowest BCUT2D eigenvalue weighted by Crippen LogP contribution is -2.36. The zero-order chi connectivity index (χ0) is 21.5. The number of aliphatic hydroxyl groups is 1. The van der Waals surface area contributed by atoms with Gasteiger partial charge in [0.25, 0.3) is 0 Å². The van der Waals surface area contributed by atoms with Crippen LogP contribution >= 0.6 is 0 Å². The summed E-state index contributed by atoms with van der Waals surface area (Å²) in [6.45, 7) is 6.84. The molecule has 1 atom stereocenters. The van der Waals surface area contributed by atoms with Crippen molar-refractivity contribution in [2.75, 3.05) is 49.2 Å². The number of morpholine rings is 1. The highest BCUT2D eigenvalue weighted by molar-refractivity contribution is 5.91. The predicted octanol–water partition coefficient (Wildman–Crippen LogP) is 2.38. The van der Waals surface area contributed by atoms with Crippen LogP contribution in [0.25, 0.3) is 10.9 Å². The molecule has 9 heteroatoms. The van der Waals surface area contributed by atoms with Crippen LogP contribution in [0.15, 0.2) is 36.7 Å². The van der Waals surface area contributed by atoms with E-state index in [-0.39, 0.29) is 0 Å². The van der Waals surface area contributed by atoms with E-state index in [1.807, 2.05) is 0 Å². The zero-order valence-corrected chi connectivity index (χ0v) is 17.9. The second kappa shape index (κ2) is 10.4. The quantitative estimate of drug-likeness (QED) is 0.556. The van der Waals surface area contributed by atoms with Gasteiger partial charge in [0.1, 0.15) is 11.6 Å². The van der Waals surface area contributed by atoms with Crippen LogP contribution in [0.3, 0.4) is 0 Å². The fourth-order valence-electron chi connectivity index (χ4n) is 3.77. The van der Waals surface area contributed by atoms with Gasteiger partial charge < -0.3 is 19.6 Å². The smallest absolute Gasteiger partial charge is 0.162 e. The van der Waals surface area contributed by atoms with Crippen molar-refractivity contribution in [3.05, 3.63) is 42.5 Å². The van der Waals surface area contributed by atoms with E-state index >= 15 is 0 Å². The van der Waals surface area contributed by atoms with Crippen LogP contribution in [0.1, 0.15) is 38.1 Å². The number of fused-ring (bicyclic) bond motifs is 1. The lowest BCUT2D eigenvalue weighted by molar-refractivity contribution is 0.122. The number of aromatic nitrogens is 5. The molecule has 31 heavy (non-hydrogen) atoms. The van der Waals surface area contributed by atoms with E-state index in [4.69, 9.17) is 4.74 Å². The Hall–Kier alpha value is -2.91. The molecule has 0 unspecified atom stereocenters. The maximum atomic E-state index is 10.5. The van der Waals surface area contributed by atoms with Gasteiger partial charge in [-0.1, -0.05) is 13.3 Å². The Morgan fingerprint density at radius 1 is 1.13 bits per heavy atom. The van der Waals surface area contributed by atoms with Gasteiger partial charge in [0.2, 0.25) is 0 Å². The van der Waals surface area contributed by atoms with Crippen molar-refractivity contribution in [2.24, 2.45) is 0 Å². The molecule has 3 aromatic rings. The monoisotopic (exact) mass is 423 g/mol. The van der Waals surface area contributed by atoms with Crippen molar-refractivity contribution in [1.29, 1.82) is 0 Å². The van der Waals surface area contributed by atoms with Crippen LogP contribution in [0.5, 0.6) is 0 Å². The molecule has 1 aromatic carbocycles. The van der Waals surface area contributed by atoms with Crippen molar-refractivity contribution in [2.45, 2.75) is 32.3 Å². The summed E-state index contributed by atoms with van der Waals surface area (Å²) in [7, 11) is 0.